The van der Waals surface area contributed by atoms with Gasteiger partial charge in [-0.25, -0.2) is 0 Å². The van der Waals surface area contributed by atoms with Gasteiger partial charge in [-0.1, -0.05) is 15.9 Å². The van der Waals surface area contributed by atoms with Gasteiger partial charge in [-0.2, -0.15) is 0 Å². The number of amides is 1. The van der Waals surface area contributed by atoms with Crippen LogP contribution in [0.3, 0.4) is 0 Å². The zero-order chi connectivity index (χ0) is 15.1. The SMILES string of the molecule is Cc1cc(C(=O)N2CCC(C)(C(=O)O)C2)c(C)cc1Br. The number of aryl methyl sites for hydroxylation is 2. The van der Waals surface area contributed by atoms with Crippen LogP contribution in [-0.4, -0.2) is 35.0 Å². The van der Waals surface area contributed by atoms with E-state index >= 15 is 0 Å². The maximum atomic E-state index is 12.6. The monoisotopic (exact) mass is 339 g/mol. The maximum Gasteiger partial charge on any atom is 0.311 e. The van der Waals surface area contributed by atoms with Crippen molar-refractivity contribution in [3.8, 4) is 0 Å². The van der Waals surface area contributed by atoms with Crippen LogP contribution in [0.15, 0.2) is 16.6 Å². The highest BCUT2D eigenvalue weighted by Crippen LogP contribution is 2.32. The van der Waals surface area contributed by atoms with Crippen molar-refractivity contribution in [2.24, 2.45) is 5.41 Å². The predicted molar refractivity (Wildman–Crippen MR) is 79.9 cm³/mol. The van der Waals surface area contributed by atoms with E-state index in [1.807, 2.05) is 26.0 Å². The van der Waals surface area contributed by atoms with Crippen LogP contribution in [0.4, 0.5) is 0 Å². The standard InChI is InChI=1S/C15H18BrNO3/c1-9-7-12(16)10(2)6-11(9)13(18)17-5-4-15(3,8-17)14(19)20/h6-7H,4-5,8H2,1-3H3,(H,19,20). The predicted octanol–water partition coefficient (Wildman–Crippen LogP) is 3.00. The van der Waals surface area contributed by atoms with Crippen molar-refractivity contribution in [3.05, 3.63) is 33.3 Å². The number of carboxylic acids is 1. The summed E-state index contributed by atoms with van der Waals surface area (Å²) >= 11 is 3.45. The number of carboxylic acid groups (broad SMARTS) is 1. The van der Waals surface area contributed by atoms with E-state index in [0.29, 0.717) is 18.5 Å². The molecular formula is C15H18BrNO3. The van der Waals surface area contributed by atoms with Crippen LogP contribution >= 0.6 is 15.9 Å². The highest BCUT2D eigenvalue weighted by molar-refractivity contribution is 9.10. The molecule has 1 aromatic carbocycles. The molecule has 0 bridgehead atoms. The molecule has 5 heteroatoms. The van der Waals surface area contributed by atoms with Crippen LogP contribution in [0.2, 0.25) is 0 Å². The molecule has 1 aromatic rings. The first-order chi connectivity index (χ1) is 9.24. The molecule has 1 atom stereocenters. The van der Waals surface area contributed by atoms with Crippen molar-refractivity contribution in [1.29, 1.82) is 0 Å². The number of benzene rings is 1. The number of halogens is 1. The second-order valence-electron chi connectivity index (χ2n) is 5.76. The molecule has 20 heavy (non-hydrogen) atoms. The minimum Gasteiger partial charge on any atom is -0.481 e. The molecule has 108 valence electrons. The Kier molecular flexibility index (Phi) is 3.91. The van der Waals surface area contributed by atoms with E-state index in [4.69, 9.17) is 0 Å². The molecule has 1 unspecified atom stereocenters. The molecule has 1 heterocycles. The van der Waals surface area contributed by atoms with Crippen molar-refractivity contribution in [2.75, 3.05) is 13.1 Å². The summed E-state index contributed by atoms with van der Waals surface area (Å²) in [6, 6.07) is 3.78. The van der Waals surface area contributed by atoms with E-state index in [9.17, 15) is 14.7 Å². The lowest BCUT2D eigenvalue weighted by atomic mass is 9.90. The molecule has 1 saturated heterocycles. The molecule has 0 radical (unpaired) electrons. The Hall–Kier alpha value is -1.36. The van der Waals surface area contributed by atoms with Crippen LogP contribution < -0.4 is 0 Å². The summed E-state index contributed by atoms with van der Waals surface area (Å²) in [6.07, 6.45) is 0.503. The number of hydrogen-bond acceptors (Lipinski definition) is 2. The van der Waals surface area contributed by atoms with Crippen LogP contribution in [0.25, 0.3) is 0 Å². The van der Waals surface area contributed by atoms with E-state index in [2.05, 4.69) is 15.9 Å². The summed E-state index contributed by atoms with van der Waals surface area (Å²) in [5.41, 5.74) is 1.73. The third kappa shape index (κ3) is 2.59. The number of aliphatic carboxylic acids is 1. The Morgan fingerprint density at radius 3 is 2.50 bits per heavy atom. The molecule has 4 nitrogen and oxygen atoms in total. The minimum absolute atomic E-state index is 0.0805. The van der Waals surface area contributed by atoms with Gasteiger partial charge in [0.25, 0.3) is 5.91 Å². The van der Waals surface area contributed by atoms with Crippen LogP contribution in [0, 0.1) is 19.3 Å². The second-order valence-corrected chi connectivity index (χ2v) is 6.61. The number of carbonyl (C=O) groups excluding carboxylic acids is 1. The van der Waals surface area contributed by atoms with Gasteiger partial charge in [0.2, 0.25) is 0 Å². The summed E-state index contributed by atoms with van der Waals surface area (Å²) < 4.78 is 0.975. The molecule has 1 aliphatic heterocycles. The smallest absolute Gasteiger partial charge is 0.311 e. The zero-order valence-corrected chi connectivity index (χ0v) is 13.5. The van der Waals surface area contributed by atoms with E-state index in [1.165, 1.54) is 0 Å². The number of carbonyl (C=O) groups is 2. The summed E-state index contributed by atoms with van der Waals surface area (Å²) in [6.45, 7) is 6.30. The van der Waals surface area contributed by atoms with Crippen LogP contribution in [0.1, 0.15) is 34.8 Å². The second kappa shape index (κ2) is 5.20. The molecule has 0 aliphatic carbocycles. The Morgan fingerprint density at radius 1 is 1.30 bits per heavy atom. The third-order valence-corrected chi connectivity index (χ3v) is 4.87. The van der Waals surface area contributed by atoms with Gasteiger partial charge < -0.3 is 10.0 Å². The molecule has 2 rings (SSSR count). The molecule has 0 saturated carbocycles. The summed E-state index contributed by atoms with van der Waals surface area (Å²) in [5, 5.41) is 9.23. The van der Waals surface area contributed by atoms with Crippen molar-refractivity contribution < 1.29 is 14.7 Å². The van der Waals surface area contributed by atoms with E-state index < -0.39 is 11.4 Å². The van der Waals surface area contributed by atoms with Crippen molar-refractivity contribution in [3.63, 3.8) is 0 Å². The third-order valence-electron chi connectivity index (χ3n) is 4.01. The molecule has 0 aromatic heterocycles. The first-order valence-corrected chi connectivity index (χ1v) is 7.33. The summed E-state index contributed by atoms with van der Waals surface area (Å²) in [4.78, 5) is 25.5. The molecule has 1 fully saturated rings. The highest BCUT2D eigenvalue weighted by atomic mass is 79.9. The number of nitrogens with zero attached hydrogens (tertiary/aromatic N) is 1. The van der Waals surface area contributed by atoms with E-state index in [1.54, 1.807) is 11.8 Å². The Labute approximate surface area is 126 Å². The van der Waals surface area contributed by atoms with Gasteiger partial charge in [-0.3, -0.25) is 9.59 Å². The molecule has 1 amide bonds. The number of likely N-dealkylation sites (tertiary alicyclic amines) is 1. The lowest BCUT2D eigenvalue weighted by Crippen LogP contribution is -2.35. The van der Waals surface area contributed by atoms with Crippen LogP contribution in [0.5, 0.6) is 0 Å². The van der Waals surface area contributed by atoms with Crippen molar-refractivity contribution >= 4 is 27.8 Å². The molecule has 1 N–H and O–H groups in total. The quantitative estimate of drug-likeness (QED) is 0.900. The summed E-state index contributed by atoms with van der Waals surface area (Å²) in [7, 11) is 0. The Balaban J connectivity index is 2.26. The van der Waals surface area contributed by atoms with Crippen LogP contribution in [-0.2, 0) is 4.79 Å². The molecular weight excluding hydrogens is 322 g/mol. The highest BCUT2D eigenvalue weighted by Gasteiger charge is 2.42. The first-order valence-electron chi connectivity index (χ1n) is 6.54. The van der Waals surface area contributed by atoms with Gasteiger partial charge in [0.1, 0.15) is 0 Å². The number of hydrogen-bond donors (Lipinski definition) is 1. The Bertz CT molecular complexity index is 585. The van der Waals surface area contributed by atoms with Gasteiger partial charge in [-0.15, -0.1) is 0 Å². The largest absolute Gasteiger partial charge is 0.481 e. The first kappa shape index (κ1) is 15.0. The van der Waals surface area contributed by atoms with E-state index in [0.717, 1.165) is 15.6 Å². The fourth-order valence-corrected chi connectivity index (χ4v) is 2.95. The minimum atomic E-state index is -0.837. The summed E-state index contributed by atoms with van der Waals surface area (Å²) in [5.74, 6) is -0.917. The van der Waals surface area contributed by atoms with Gasteiger partial charge in [0.05, 0.1) is 5.41 Å². The zero-order valence-electron chi connectivity index (χ0n) is 11.9. The maximum absolute atomic E-state index is 12.6. The molecule has 0 spiro atoms. The number of rotatable bonds is 2. The Morgan fingerprint density at radius 2 is 1.95 bits per heavy atom. The van der Waals surface area contributed by atoms with Crippen molar-refractivity contribution in [2.45, 2.75) is 27.2 Å². The van der Waals surface area contributed by atoms with E-state index in [-0.39, 0.29) is 12.5 Å². The van der Waals surface area contributed by atoms with Gasteiger partial charge in [0, 0.05) is 23.1 Å². The average Bonchev–Trinajstić information content (AvgIpc) is 2.77. The van der Waals surface area contributed by atoms with Gasteiger partial charge in [-0.05, 0) is 50.5 Å². The topological polar surface area (TPSA) is 57.6 Å². The molecule has 1 aliphatic rings. The lowest BCUT2D eigenvalue weighted by molar-refractivity contribution is -0.147. The fraction of sp³-hybridized carbons (Fsp3) is 0.467. The lowest BCUT2D eigenvalue weighted by Gasteiger charge is -2.21. The normalized spacial score (nSPS) is 22.1. The van der Waals surface area contributed by atoms with Gasteiger partial charge in [0.15, 0.2) is 0 Å². The van der Waals surface area contributed by atoms with Crippen molar-refractivity contribution in [1.82, 2.24) is 4.90 Å². The fourth-order valence-electron chi connectivity index (χ4n) is 2.49. The van der Waals surface area contributed by atoms with Gasteiger partial charge >= 0.3 is 5.97 Å². The average molecular weight is 340 g/mol.